The van der Waals surface area contributed by atoms with Crippen LogP contribution in [0.15, 0.2) is 18.5 Å². The van der Waals surface area contributed by atoms with E-state index in [1.807, 2.05) is 17.6 Å². The Balaban J connectivity index is 2.32. The molecule has 1 unspecified atom stereocenters. The molecule has 0 saturated heterocycles. The third-order valence-electron chi connectivity index (χ3n) is 3.09. The van der Waals surface area contributed by atoms with Crippen molar-refractivity contribution in [1.29, 1.82) is 0 Å². The summed E-state index contributed by atoms with van der Waals surface area (Å²) in [5.41, 5.74) is 2.03. The average molecular weight is 262 g/mol. The quantitative estimate of drug-likeness (QED) is 0.885. The Hall–Kier alpha value is -1.62. The van der Waals surface area contributed by atoms with Gasteiger partial charge in [-0.25, -0.2) is 9.50 Å². The molecule has 2 aromatic rings. The Morgan fingerprint density at radius 1 is 1.42 bits per heavy atom. The van der Waals surface area contributed by atoms with Crippen LogP contribution in [0.4, 0.5) is 5.82 Å². The van der Waals surface area contributed by atoms with E-state index in [9.17, 15) is 0 Å². The van der Waals surface area contributed by atoms with Crippen LogP contribution in [0, 0.1) is 5.92 Å². The number of fused-ring (bicyclic) bond motifs is 1. The summed E-state index contributed by atoms with van der Waals surface area (Å²) in [7, 11) is 0. The molecule has 2 heterocycles. The van der Waals surface area contributed by atoms with Crippen molar-refractivity contribution in [1.82, 2.24) is 14.6 Å². The van der Waals surface area contributed by atoms with Crippen molar-refractivity contribution < 1.29 is 5.11 Å². The number of hydrogen-bond acceptors (Lipinski definition) is 4. The van der Waals surface area contributed by atoms with Crippen LogP contribution in [-0.4, -0.2) is 32.9 Å². The summed E-state index contributed by atoms with van der Waals surface area (Å²) in [5, 5.41) is 16.9. The number of nitrogens with zero attached hydrogens (tertiary/aromatic N) is 3. The Labute approximate surface area is 113 Å². The van der Waals surface area contributed by atoms with Gasteiger partial charge in [0.1, 0.15) is 5.52 Å². The number of rotatable bonds is 4. The second kappa shape index (κ2) is 5.17. The van der Waals surface area contributed by atoms with Crippen LogP contribution in [0.25, 0.3) is 5.52 Å². The molecular weight excluding hydrogens is 240 g/mol. The molecule has 5 heteroatoms. The Morgan fingerprint density at radius 2 is 2.16 bits per heavy atom. The summed E-state index contributed by atoms with van der Waals surface area (Å²) in [6, 6.07) is 2.07. The van der Waals surface area contributed by atoms with Crippen molar-refractivity contribution in [2.45, 2.75) is 33.1 Å². The van der Waals surface area contributed by atoms with E-state index in [0.717, 1.165) is 17.0 Å². The van der Waals surface area contributed by atoms with Gasteiger partial charge in [0.05, 0.1) is 5.69 Å². The van der Waals surface area contributed by atoms with Crippen LogP contribution in [0.2, 0.25) is 0 Å². The molecule has 0 bridgehead atoms. The maximum atomic E-state index is 9.06. The molecule has 104 valence electrons. The molecule has 19 heavy (non-hydrogen) atoms. The zero-order valence-electron chi connectivity index (χ0n) is 12.0. The first kappa shape index (κ1) is 13.8. The fraction of sp³-hybridized carbons (Fsp3) is 0.571. The number of aliphatic hydroxyl groups is 1. The van der Waals surface area contributed by atoms with E-state index in [2.05, 4.69) is 42.2 Å². The predicted octanol–water partition coefficient (Wildman–Crippen LogP) is 2.07. The van der Waals surface area contributed by atoms with Crippen LogP contribution in [0.3, 0.4) is 0 Å². The maximum Gasteiger partial charge on any atom is 0.152 e. The van der Waals surface area contributed by atoms with Gasteiger partial charge in [-0.15, -0.1) is 0 Å². The normalized spacial score (nSPS) is 13.7. The molecule has 0 aliphatic rings. The first-order valence-corrected chi connectivity index (χ1v) is 6.61. The summed E-state index contributed by atoms with van der Waals surface area (Å²) in [6.07, 6.45) is 3.59. The highest BCUT2D eigenvalue weighted by molar-refractivity contribution is 5.68. The van der Waals surface area contributed by atoms with Crippen LogP contribution in [-0.2, 0) is 5.41 Å². The maximum absolute atomic E-state index is 9.06. The summed E-state index contributed by atoms with van der Waals surface area (Å²) in [6.45, 7) is 9.28. The third-order valence-corrected chi connectivity index (χ3v) is 3.09. The number of aliphatic hydroxyl groups excluding tert-OH is 1. The average Bonchev–Trinajstić information content (AvgIpc) is 2.80. The monoisotopic (exact) mass is 262 g/mol. The van der Waals surface area contributed by atoms with Crippen molar-refractivity contribution in [2.75, 3.05) is 18.5 Å². The van der Waals surface area contributed by atoms with Gasteiger partial charge in [0.2, 0.25) is 0 Å². The molecule has 5 nitrogen and oxygen atoms in total. The standard InChI is InChI=1S/C14H22N4O/c1-10(9-19)8-16-13-11-7-12(14(2,3)4)17-18(11)6-5-15-13/h5-7,10,19H,8-9H2,1-4H3,(H,15,16). The minimum Gasteiger partial charge on any atom is -0.396 e. The molecular formula is C14H22N4O. The molecule has 0 radical (unpaired) electrons. The predicted molar refractivity (Wildman–Crippen MR) is 76.4 cm³/mol. The minimum absolute atomic E-state index is 0.0156. The molecule has 2 rings (SSSR count). The molecule has 0 aliphatic heterocycles. The summed E-state index contributed by atoms with van der Waals surface area (Å²) >= 11 is 0. The van der Waals surface area contributed by atoms with Crippen molar-refractivity contribution >= 4 is 11.3 Å². The van der Waals surface area contributed by atoms with E-state index >= 15 is 0 Å². The number of nitrogens with one attached hydrogen (secondary N) is 1. The Kier molecular flexibility index (Phi) is 3.75. The van der Waals surface area contributed by atoms with E-state index < -0.39 is 0 Å². The molecule has 0 amide bonds. The molecule has 0 fully saturated rings. The topological polar surface area (TPSA) is 62.5 Å². The lowest BCUT2D eigenvalue weighted by molar-refractivity contribution is 0.244. The van der Waals surface area contributed by atoms with Gasteiger partial charge in [-0.05, 0) is 12.0 Å². The van der Waals surface area contributed by atoms with E-state index in [0.29, 0.717) is 6.54 Å². The Bertz CT molecular complexity index is 556. The van der Waals surface area contributed by atoms with E-state index in [1.165, 1.54) is 0 Å². The number of aromatic nitrogens is 3. The third kappa shape index (κ3) is 3.04. The summed E-state index contributed by atoms with van der Waals surface area (Å²) < 4.78 is 1.85. The summed E-state index contributed by atoms with van der Waals surface area (Å²) in [4.78, 5) is 4.35. The molecule has 0 saturated carbocycles. The lowest BCUT2D eigenvalue weighted by Gasteiger charge is -2.13. The molecule has 2 N–H and O–H groups in total. The summed E-state index contributed by atoms with van der Waals surface area (Å²) in [5.74, 6) is 1.01. The lowest BCUT2D eigenvalue weighted by Crippen LogP contribution is -2.15. The molecule has 0 aromatic carbocycles. The first-order valence-electron chi connectivity index (χ1n) is 6.61. The van der Waals surface area contributed by atoms with E-state index in [1.54, 1.807) is 6.20 Å². The van der Waals surface area contributed by atoms with E-state index in [-0.39, 0.29) is 17.9 Å². The SMILES string of the molecule is CC(CO)CNc1nccn2nc(C(C)(C)C)cc12. The van der Waals surface area contributed by atoms with E-state index in [4.69, 9.17) is 5.11 Å². The van der Waals surface area contributed by atoms with Crippen molar-refractivity contribution in [3.05, 3.63) is 24.2 Å². The highest BCUT2D eigenvalue weighted by atomic mass is 16.3. The van der Waals surface area contributed by atoms with Crippen LogP contribution >= 0.6 is 0 Å². The number of hydrogen-bond donors (Lipinski definition) is 2. The zero-order valence-corrected chi connectivity index (χ0v) is 12.0. The van der Waals surface area contributed by atoms with Gasteiger partial charge in [-0.3, -0.25) is 0 Å². The molecule has 0 spiro atoms. The lowest BCUT2D eigenvalue weighted by atomic mass is 9.92. The van der Waals surface area contributed by atoms with Gasteiger partial charge in [0, 0.05) is 31.0 Å². The highest BCUT2D eigenvalue weighted by Crippen LogP contribution is 2.24. The van der Waals surface area contributed by atoms with Crippen molar-refractivity contribution in [3.8, 4) is 0 Å². The minimum atomic E-state index is 0.0156. The van der Waals surface area contributed by atoms with Crippen LogP contribution in [0.1, 0.15) is 33.4 Å². The van der Waals surface area contributed by atoms with Crippen LogP contribution in [0.5, 0.6) is 0 Å². The van der Waals surface area contributed by atoms with Crippen LogP contribution < -0.4 is 5.32 Å². The molecule has 0 aliphatic carbocycles. The Morgan fingerprint density at radius 3 is 2.79 bits per heavy atom. The second-order valence-electron chi connectivity index (χ2n) is 6.05. The highest BCUT2D eigenvalue weighted by Gasteiger charge is 2.19. The largest absolute Gasteiger partial charge is 0.396 e. The fourth-order valence-corrected chi connectivity index (χ4v) is 1.76. The molecule has 1 atom stereocenters. The smallest absolute Gasteiger partial charge is 0.152 e. The zero-order chi connectivity index (χ0) is 14.0. The fourth-order valence-electron chi connectivity index (χ4n) is 1.76. The van der Waals surface area contributed by atoms with Gasteiger partial charge < -0.3 is 10.4 Å². The second-order valence-corrected chi connectivity index (χ2v) is 6.05. The molecule has 2 aromatic heterocycles. The number of anilines is 1. The van der Waals surface area contributed by atoms with Crippen molar-refractivity contribution in [2.24, 2.45) is 5.92 Å². The first-order chi connectivity index (χ1) is 8.91. The van der Waals surface area contributed by atoms with Gasteiger partial charge >= 0.3 is 0 Å². The van der Waals surface area contributed by atoms with Crippen molar-refractivity contribution in [3.63, 3.8) is 0 Å². The van der Waals surface area contributed by atoms with Gasteiger partial charge in [-0.1, -0.05) is 27.7 Å². The van der Waals surface area contributed by atoms with Gasteiger partial charge in [-0.2, -0.15) is 5.10 Å². The van der Waals surface area contributed by atoms with Gasteiger partial charge in [0.25, 0.3) is 0 Å². The van der Waals surface area contributed by atoms with Gasteiger partial charge in [0.15, 0.2) is 5.82 Å².